The van der Waals surface area contributed by atoms with Crippen molar-refractivity contribution >= 4 is 45.6 Å². The highest BCUT2D eigenvalue weighted by atomic mass is 32.1. The Morgan fingerprint density at radius 1 is 1.12 bits per heavy atom. The first kappa shape index (κ1) is 22.6. The number of nitrogens with one attached hydrogen (secondary N) is 2. The zero-order valence-corrected chi connectivity index (χ0v) is 19.9. The standard InChI is InChI=1S/C24H23N5O2S2/c1-3-31-22(30)19-13-20(18-10-5-4-6-11-18)33-21(19)26-24(32)27-23-25-15-29(28-23)14-17-9-7-8-16(2)12-17/h4-13,15H,3,14H2,1-2H3,(H2,26,27,28,32). The SMILES string of the molecule is CCOC(=O)c1cc(-c2ccccc2)sc1NC(=S)Nc1ncn(Cc2cccc(C)c2)n1. The number of hydrogen-bond donors (Lipinski definition) is 2. The maximum Gasteiger partial charge on any atom is 0.341 e. The van der Waals surface area contributed by atoms with Crippen LogP contribution in [0.25, 0.3) is 10.4 Å². The van der Waals surface area contributed by atoms with Gasteiger partial charge in [-0.25, -0.2) is 14.5 Å². The Bertz CT molecular complexity index is 1270. The molecule has 4 aromatic rings. The fourth-order valence-corrected chi connectivity index (χ4v) is 4.56. The van der Waals surface area contributed by atoms with Gasteiger partial charge in [0.1, 0.15) is 11.3 Å². The van der Waals surface area contributed by atoms with Crippen LogP contribution in [0.4, 0.5) is 10.9 Å². The molecule has 0 aliphatic rings. The zero-order chi connectivity index (χ0) is 23.2. The molecular weight excluding hydrogens is 454 g/mol. The topological polar surface area (TPSA) is 81.1 Å². The summed E-state index contributed by atoms with van der Waals surface area (Å²) < 4.78 is 6.96. The number of thiophene rings is 1. The monoisotopic (exact) mass is 477 g/mol. The highest BCUT2D eigenvalue weighted by Crippen LogP contribution is 2.36. The Balaban J connectivity index is 1.47. The van der Waals surface area contributed by atoms with Gasteiger partial charge in [-0.2, -0.15) is 0 Å². The lowest BCUT2D eigenvalue weighted by Crippen LogP contribution is -2.21. The van der Waals surface area contributed by atoms with Crippen molar-refractivity contribution in [3.05, 3.63) is 83.7 Å². The summed E-state index contributed by atoms with van der Waals surface area (Å²) in [6.07, 6.45) is 1.65. The molecule has 0 bridgehead atoms. The van der Waals surface area contributed by atoms with Crippen LogP contribution in [-0.2, 0) is 11.3 Å². The van der Waals surface area contributed by atoms with E-state index in [4.69, 9.17) is 17.0 Å². The highest BCUT2D eigenvalue weighted by Gasteiger charge is 2.19. The summed E-state index contributed by atoms with van der Waals surface area (Å²) in [6.45, 7) is 4.73. The van der Waals surface area contributed by atoms with Crippen molar-refractivity contribution in [1.82, 2.24) is 14.8 Å². The van der Waals surface area contributed by atoms with Crippen LogP contribution in [0.5, 0.6) is 0 Å². The summed E-state index contributed by atoms with van der Waals surface area (Å²) >= 11 is 6.88. The van der Waals surface area contributed by atoms with E-state index in [2.05, 4.69) is 39.8 Å². The molecule has 0 unspecified atom stereocenters. The van der Waals surface area contributed by atoms with Crippen LogP contribution < -0.4 is 10.6 Å². The third kappa shape index (κ3) is 5.82. The highest BCUT2D eigenvalue weighted by molar-refractivity contribution is 7.80. The lowest BCUT2D eigenvalue weighted by atomic mass is 10.1. The summed E-state index contributed by atoms with van der Waals surface area (Å²) in [6, 6.07) is 19.9. The third-order valence-corrected chi connectivity index (χ3v) is 6.01. The lowest BCUT2D eigenvalue weighted by Gasteiger charge is -2.08. The molecule has 2 aromatic carbocycles. The second kappa shape index (κ2) is 10.4. The van der Waals surface area contributed by atoms with Crippen molar-refractivity contribution in [2.24, 2.45) is 0 Å². The Morgan fingerprint density at radius 3 is 2.70 bits per heavy atom. The number of thiocarbonyl (C=S) groups is 1. The minimum Gasteiger partial charge on any atom is -0.462 e. The summed E-state index contributed by atoms with van der Waals surface area (Å²) in [4.78, 5) is 17.7. The van der Waals surface area contributed by atoms with Crippen LogP contribution in [0.15, 0.2) is 67.0 Å². The van der Waals surface area contributed by atoms with Gasteiger partial charge < -0.3 is 10.1 Å². The van der Waals surface area contributed by atoms with Crippen LogP contribution in [0.2, 0.25) is 0 Å². The smallest absolute Gasteiger partial charge is 0.341 e. The van der Waals surface area contributed by atoms with E-state index in [1.54, 1.807) is 17.9 Å². The van der Waals surface area contributed by atoms with Crippen LogP contribution in [0.1, 0.15) is 28.4 Å². The second-order valence-electron chi connectivity index (χ2n) is 7.27. The van der Waals surface area contributed by atoms with Gasteiger partial charge >= 0.3 is 5.97 Å². The van der Waals surface area contributed by atoms with Crippen molar-refractivity contribution in [2.45, 2.75) is 20.4 Å². The Kier molecular flexibility index (Phi) is 7.11. The largest absolute Gasteiger partial charge is 0.462 e. The van der Waals surface area contributed by atoms with Crippen molar-refractivity contribution in [3.63, 3.8) is 0 Å². The average molecular weight is 478 g/mol. The van der Waals surface area contributed by atoms with E-state index in [1.165, 1.54) is 16.9 Å². The summed E-state index contributed by atoms with van der Waals surface area (Å²) in [5, 5.41) is 11.4. The second-order valence-corrected chi connectivity index (χ2v) is 8.73. The number of ether oxygens (including phenoxy) is 1. The normalized spacial score (nSPS) is 10.6. The summed E-state index contributed by atoms with van der Waals surface area (Å²) in [5.74, 6) is -0.0283. The van der Waals surface area contributed by atoms with Gasteiger partial charge in [0.05, 0.1) is 18.7 Å². The molecule has 0 spiro atoms. The molecule has 0 radical (unpaired) electrons. The molecule has 33 heavy (non-hydrogen) atoms. The third-order valence-electron chi connectivity index (χ3n) is 4.70. The van der Waals surface area contributed by atoms with Gasteiger partial charge in [0.2, 0.25) is 5.95 Å². The van der Waals surface area contributed by atoms with Gasteiger partial charge in [0.25, 0.3) is 0 Å². The van der Waals surface area contributed by atoms with Crippen molar-refractivity contribution in [1.29, 1.82) is 0 Å². The predicted molar refractivity (Wildman–Crippen MR) is 136 cm³/mol. The molecule has 0 saturated heterocycles. The van der Waals surface area contributed by atoms with Gasteiger partial charge in [0.15, 0.2) is 5.11 Å². The van der Waals surface area contributed by atoms with Gasteiger partial charge in [0, 0.05) is 4.88 Å². The molecule has 9 heteroatoms. The molecule has 2 N–H and O–H groups in total. The first-order valence-electron chi connectivity index (χ1n) is 10.4. The van der Waals surface area contributed by atoms with E-state index in [1.807, 2.05) is 48.5 Å². The van der Waals surface area contributed by atoms with Crippen LogP contribution in [-0.4, -0.2) is 32.5 Å². The molecule has 7 nitrogen and oxygen atoms in total. The predicted octanol–water partition coefficient (Wildman–Crippen LogP) is 5.35. The van der Waals surface area contributed by atoms with Gasteiger partial charge in [-0.3, -0.25) is 5.32 Å². The molecule has 2 aromatic heterocycles. The van der Waals surface area contributed by atoms with E-state index >= 15 is 0 Å². The molecule has 0 atom stereocenters. The number of carbonyl (C=O) groups excluding carboxylic acids is 1. The number of carbonyl (C=O) groups is 1. The maximum absolute atomic E-state index is 12.5. The number of esters is 1. The summed E-state index contributed by atoms with van der Waals surface area (Å²) in [5.41, 5.74) is 3.78. The molecule has 0 aliphatic carbocycles. The molecule has 4 rings (SSSR count). The van der Waals surface area contributed by atoms with E-state index < -0.39 is 5.97 Å². The average Bonchev–Trinajstić information content (AvgIpc) is 3.41. The van der Waals surface area contributed by atoms with Gasteiger partial charge in [-0.15, -0.1) is 16.4 Å². The lowest BCUT2D eigenvalue weighted by molar-refractivity contribution is 0.0528. The van der Waals surface area contributed by atoms with Gasteiger partial charge in [-0.05, 0) is 43.3 Å². The number of aryl methyl sites for hydroxylation is 1. The van der Waals surface area contributed by atoms with E-state index in [0.717, 1.165) is 16.0 Å². The molecule has 0 saturated carbocycles. The van der Waals surface area contributed by atoms with E-state index in [-0.39, 0.29) is 5.11 Å². The van der Waals surface area contributed by atoms with E-state index in [0.29, 0.717) is 29.7 Å². The van der Waals surface area contributed by atoms with Crippen molar-refractivity contribution in [3.8, 4) is 10.4 Å². The number of hydrogen-bond acceptors (Lipinski definition) is 6. The molecule has 2 heterocycles. The minimum absolute atomic E-state index is 0.287. The minimum atomic E-state index is -0.401. The Labute approximate surface area is 201 Å². The molecular formula is C24H23N5O2S2. The van der Waals surface area contributed by atoms with E-state index in [9.17, 15) is 4.79 Å². The quantitative estimate of drug-likeness (QED) is 0.274. The molecule has 168 valence electrons. The molecule has 0 fully saturated rings. The van der Waals surface area contributed by atoms with Crippen LogP contribution >= 0.6 is 23.6 Å². The number of benzene rings is 2. The first-order chi connectivity index (χ1) is 16.0. The summed E-state index contributed by atoms with van der Waals surface area (Å²) in [7, 11) is 0. The maximum atomic E-state index is 12.5. The Morgan fingerprint density at radius 2 is 1.94 bits per heavy atom. The first-order valence-corrected chi connectivity index (χ1v) is 11.6. The number of rotatable bonds is 7. The van der Waals surface area contributed by atoms with Crippen molar-refractivity contribution in [2.75, 3.05) is 17.2 Å². The zero-order valence-electron chi connectivity index (χ0n) is 18.2. The van der Waals surface area contributed by atoms with Crippen molar-refractivity contribution < 1.29 is 9.53 Å². The number of anilines is 2. The fourth-order valence-electron chi connectivity index (χ4n) is 3.25. The molecule has 0 aliphatic heterocycles. The van der Waals surface area contributed by atoms with Crippen LogP contribution in [0, 0.1) is 6.92 Å². The fraction of sp³-hybridized carbons (Fsp3) is 0.167. The molecule has 0 amide bonds. The van der Waals surface area contributed by atoms with Crippen LogP contribution in [0.3, 0.4) is 0 Å². The Hall–Kier alpha value is -3.56. The number of aromatic nitrogens is 3. The number of nitrogens with zero attached hydrogens (tertiary/aromatic N) is 3. The van der Waals surface area contributed by atoms with Gasteiger partial charge in [-0.1, -0.05) is 60.2 Å².